The number of hydrogen-bond donors (Lipinski definition) is 1. The lowest BCUT2D eigenvalue weighted by molar-refractivity contribution is -0.152. The number of likely N-dealkylation sites (tertiary alicyclic amines) is 1. The normalized spacial score (nSPS) is 24.2. The fraction of sp³-hybridized carbons (Fsp3) is 0.500. The molecule has 1 atom stereocenters. The molecule has 0 spiro atoms. The quantitative estimate of drug-likeness (QED) is 0.846. The van der Waals surface area contributed by atoms with E-state index in [-0.39, 0.29) is 0 Å². The standard InChI is InChI=1S/C18H23NO4/c1-2-6-18(17(20)21)7-3-8-19(13-18)12-14-4-5-15-16(11-14)23-10-9-22-15/h2,4-5,11H,1,3,6-10,12-13H2,(H,20,21)/t18-/m1/s1. The Morgan fingerprint density at radius 1 is 1.35 bits per heavy atom. The molecule has 0 aliphatic carbocycles. The van der Waals surface area contributed by atoms with Gasteiger partial charge in [0.05, 0.1) is 5.41 Å². The highest BCUT2D eigenvalue weighted by molar-refractivity contribution is 5.75. The van der Waals surface area contributed by atoms with Crippen molar-refractivity contribution in [1.82, 2.24) is 4.90 Å². The number of rotatable bonds is 5. The van der Waals surface area contributed by atoms with Crippen molar-refractivity contribution in [2.45, 2.75) is 25.8 Å². The second-order valence-electron chi connectivity index (χ2n) is 6.37. The lowest BCUT2D eigenvalue weighted by Gasteiger charge is -2.39. The van der Waals surface area contributed by atoms with Crippen molar-refractivity contribution in [2.75, 3.05) is 26.3 Å². The van der Waals surface area contributed by atoms with Crippen LogP contribution in [0.15, 0.2) is 30.9 Å². The molecule has 1 N–H and O–H groups in total. The van der Waals surface area contributed by atoms with Crippen molar-refractivity contribution in [2.24, 2.45) is 5.41 Å². The fourth-order valence-corrected chi connectivity index (χ4v) is 3.51. The Labute approximate surface area is 136 Å². The van der Waals surface area contributed by atoms with Crippen LogP contribution in [0.3, 0.4) is 0 Å². The monoisotopic (exact) mass is 317 g/mol. The summed E-state index contributed by atoms with van der Waals surface area (Å²) in [6.07, 6.45) is 3.85. The second kappa shape index (κ2) is 6.62. The van der Waals surface area contributed by atoms with Gasteiger partial charge >= 0.3 is 5.97 Å². The first kappa shape index (κ1) is 15.9. The van der Waals surface area contributed by atoms with Crippen LogP contribution in [0.5, 0.6) is 11.5 Å². The summed E-state index contributed by atoms with van der Waals surface area (Å²) < 4.78 is 11.2. The Morgan fingerprint density at radius 3 is 2.87 bits per heavy atom. The molecule has 1 saturated heterocycles. The molecule has 0 aromatic heterocycles. The van der Waals surface area contributed by atoms with Crippen LogP contribution in [0.4, 0.5) is 0 Å². The molecule has 1 aromatic rings. The third kappa shape index (κ3) is 3.34. The van der Waals surface area contributed by atoms with Gasteiger partial charge in [0.2, 0.25) is 0 Å². The topological polar surface area (TPSA) is 59.0 Å². The maximum absolute atomic E-state index is 11.7. The molecule has 0 bridgehead atoms. The van der Waals surface area contributed by atoms with Crippen LogP contribution in [-0.2, 0) is 11.3 Å². The minimum Gasteiger partial charge on any atom is -0.486 e. The summed E-state index contributed by atoms with van der Waals surface area (Å²) in [5, 5.41) is 9.65. The Kier molecular flexibility index (Phi) is 4.57. The van der Waals surface area contributed by atoms with E-state index in [0.29, 0.717) is 32.6 Å². The Morgan fingerprint density at radius 2 is 2.13 bits per heavy atom. The van der Waals surface area contributed by atoms with E-state index in [2.05, 4.69) is 11.5 Å². The van der Waals surface area contributed by atoms with Crippen LogP contribution in [0.1, 0.15) is 24.8 Å². The van der Waals surface area contributed by atoms with Gasteiger partial charge in [-0.3, -0.25) is 9.69 Å². The number of piperidine rings is 1. The summed E-state index contributed by atoms with van der Waals surface area (Å²) in [4.78, 5) is 14.0. The molecule has 2 heterocycles. The summed E-state index contributed by atoms with van der Waals surface area (Å²) in [5.74, 6) is 0.843. The van der Waals surface area contributed by atoms with Crippen molar-refractivity contribution in [1.29, 1.82) is 0 Å². The fourth-order valence-electron chi connectivity index (χ4n) is 3.51. The molecule has 2 aliphatic rings. The van der Waals surface area contributed by atoms with Gasteiger partial charge in [0.1, 0.15) is 13.2 Å². The molecule has 0 unspecified atom stereocenters. The van der Waals surface area contributed by atoms with Gasteiger partial charge in [-0.2, -0.15) is 0 Å². The zero-order valence-corrected chi connectivity index (χ0v) is 13.3. The minimum atomic E-state index is -0.718. The van der Waals surface area contributed by atoms with E-state index in [9.17, 15) is 9.90 Å². The second-order valence-corrected chi connectivity index (χ2v) is 6.37. The van der Waals surface area contributed by atoms with Crippen molar-refractivity contribution in [3.63, 3.8) is 0 Å². The van der Waals surface area contributed by atoms with Crippen molar-refractivity contribution >= 4 is 5.97 Å². The molecule has 3 rings (SSSR count). The largest absolute Gasteiger partial charge is 0.486 e. The third-order valence-electron chi connectivity index (χ3n) is 4.66. The van der Waals surface area contributed by atoms with Gasteiger partial charge in [-0.05, 0) is 43.5 Å². The molecule has 23 heavy (non-hydrogen) atoms. The predicted octanol–water partition coefficient (Wildman–Crippen LogP) is 2.70. The molecule has 1 aromatic carbocycles. The molecule has 2 aliphatic heterocycles. The highest BCUT2D eigenvalue weighted by Crippen LogP contribution is 2.36. The number of benzene rings is 1. The first-order valence-corrected chi connectivity index (χ1v) is 8.08. The zero-order valence-electron chi connectivity index (χ0n) is 13.3. The molecular weight excluding hydrogens is 294 g/mol. The van der Waals surface area contributed by atoms with Crippen LogP contribution in [0.2, 0.25) is 0 Å². The lowest BCUT2D eigenvalue weighted by Crippen LogP contribution is -2.47. The number of carbonyl (C=O) groups is 1. The first-order valence-electron chi connectivity index (χ1n) is 8.08. The van der Waals surface area contributed by atoms with Crippen molar-refractivity contribution in [3.05, 3.63) is 36.4 Å². The smallest absolute Gasteiger partial charge is 0.311 e. The van der Waals surface area contributed by atoms with E-state index < -0.39 is 11.4 Å². The van der Waals surface area contributed by atoms with E-state index in [1.165, 1.54) is 0 Å². The first-order chi connectivity index (χ1) is 11.1. The van der Waals surface area contributed by atoms with Crippen LogP contribution < -0.4 is 9.47 Å². The number of aliphatic carboxylic acids is 1. The van der Waals surface area contributed by atoms with Gasteiger partial charge in [0.15, 0.2) is 11.5 Å². The average Bonchev–Trinajstić information content (AvgIpc) is 2.55. The Balaban J connectivity index is 1.72. The Hall–Kier alpha value is -2.01. The summed E-state index contributed by atoms with van der Waals surface area (Å²) in [6, 6.07) is 5.96. The van der Waals surface area contributed by atoms with E-state index in [1.54, 1.807) is 6.08 Å². The van der Waals surface area contributed by atoms with Crippen LogP contribution in [0, 0.1) is 5.41 Å². The van der Waals surface area contributed by atoms with Gasteiger partial charge in [-0.25, -0.2) is 0 Å². The van der Waals surface area contributed by atoms with Gasteiger partial charge in [-0.15, -0.1) is 6.58 Å². The highest BCUT2D eigenvalue weighted by atomic mass is 16.6. The summed E-state index contributed by atoms with van der Waals surface area (Å²) in [5.41, 5.74) is 0.419. The number of ether oxygens (including phenoxy) is 2. The predicted molar refractivity (Wildman–Crippen MR) is 86.8 cm³/mol. The van der Waals surface area contributed by atoms with Gasteiger partial charge in [-0.1, -0.05) is 12.1 Å². The molecule has 0 radical (unpaired) electrons. The number of nitrogens with zero attached hydrogens (tertiary/aromatic N) is 1. The summed E-state index contributed by atoms with van der Waals surface area (Å²) >= 11 is 0. The minimum absolute atomic E-state index is 0.514. The molecule has 1 fully saturated rings. The molecule has 5 nitrogen and oxygen atoms in total. The number of fused-ring (bicyclic) bond motifs is 1. The maximum Gasteiger partial charge on any atom is 0.311 e. The SMILES string of the molecule is C=CC[C@@]1(C(=O)O)CCCN(Cc2ccc3c(c2)OCCO3)C1. The maximum atomic E-state index is 11.7. The van der Waals surface area contributed by atoms with Crippen LogP contribution in [0.25, 0.3) is 0 Å². The van der Waals surface area contributed by atoms with E-state index in [0.717, 1.165) is 36.6 Å². The van der Waals surface area contributed by atoms with Gasteiger partial charge in [0.25, 0.3) is 0 Å². The van der Waals surface area contributed by atoms with E-state index >= 15 is 0 Å². The van der Waals surface area contributed by atoms with Gasteiger partial charge < -0.3 is 14.6 Å². The van der Waals surface area contributed by atoms with E-state index in [1.807, 2.05) is 18.2 Å². The third-order valence-corrected chi connectivity index (χ3v) is 4.66. The summed E-state index contributed by atoms with van der Waals surface area (Å²) in [7, 11) is 0. The van der Waals surface area contributed by atoms with Crippen molar-refractivity contribution in [3.8, 4) is 11.5 Å². The number of carboxylic acid groups (broad SMARTS) is 1. The molecule has 5 heteroatoms. The summed E-state index contributed by atoms with van der Waals surface area (Å²) in [6.45, 7) is 7.08. The van der Waals surface area contributed by atoms with Crippen LogP contribution in [-0.4, -0.2) is 42.3 Å². The lowest BCUT2D eigenvalue weighted by atomic mass is 9.77. The number of carboxylic acids is 1. The number of hydrogen-bond acceptors (Lipinski definition) is 4. The molecule has 124 valence electrons. The molecule has 0 amide bonds. The van der Waals surface area contributed by atoms with Crippen molar-refractivity contribution < 1.29 is 19.4 Å². The highest BCUT2D eigenvalue weighted by Gasteiger charge is 2.41. The average molecular weight is 317 g/mol. The molecule has 0 saturated carbocycles. The number of allylic oxidation sites excluding steroid dienone is 1. The van der Waals surface area contributed by atoms with Crippen LogP contribution >= 0.6 is 0 Å². The molecular formula is C18H23NO4. The van der Waals surface area contributed by atoms with Gasteiger partial charge in [0, 0.05) is 13.1 Å². The van der Waals surface area contributed by atoms with E-state index in [4.69, 9.17) is 9.47 Å². The Bertz CT molecular complexity index is 601. The zero-order chi connectivity index (χ0) is 16.3.